The molecular formula is C12H27N3. The fourth-order valence-corrected chi connectivity index (χ4v) is 2.36. The van der Waals surface area contributed by atoms with Gasteiger partial charge < -0.3 is 15.5 Å². The van der Waals surface area contributed by atoms with Crippen molar-refractivity contribution in [1.82, 2.24) is 9.80 Å². The first-order valence-corrected chi connectivity index (χ1v) is 6.19. The molecule has 0 aromatic rings. The molecule has 1 aliphatic rings. The van der Waals surface area contributed by atoms with Crippen molar-refractivity contribution < 1.29 is 0 Å². The summed E-state index contributed by atoms with van der Waals surface area (Å²) in [6.07, 6.45) is 2.73. The molecule has 15 heavy (non-hydrogen) atoms. The molecule has 0 radical (unpaired) electrons. The molecule has 1 aliphatic heterocycles. The Balaban J connectivity index is 2.08. The molecule has 1 heterocycles. The van der Waals surface area contributed by atoms with Crippen LogP contribution in [0.3, 0.4) is 0 Å². The van der Waals surface area contributed by atoms with Crippen molar-refractivity contribution in [1.29, 1.82) is 0 Å². The smallest absolute Gasteiger partial charge is 0.00160 e. The quantitative estimate of drug-likeness (QED) is 0.710. The number of nitrogens with two attached hydrogens (primary N) is 1. The Morgan fingerprint density at radius 1 is 1.53 bits per heavy atom. The average Bonchev–Trinajstić information content (AvgIpc) is 2.61. The van der Waals surface area contributed by atoms with Gasteiger partial charge in [0, 0.05) is 13.1 Å². The second-order valence-electron chi connectivity index (χ2n) is 5.31. The fraction of sp³-hybridized carbons (Fsp3) is 1.00. The van der Waals surface area contributed by atoms with Gasteiger partial charge in [-0.3, -0.25) is 0 Å². The summed E-state index contributed by atoms with van der Waals surface area (Å²) in [5.74, 6) is 1.55. The van der Waals surface area contributed by atoms with Crippen molar-refractivity contribution in [2.24, 2.45) is 17.6 Å². The number of hydrogen-bond donors (Lipinski definition) is 1. The van der Waals surface area contributed by atoms with Crippen LogP contribution < -0.4 is 5.73 Å². The van der Waals surface area contributed by atoms with Gasteiger partial charge in [-0.15, -0.1) is 0 Å². The zero-order chi connectivity index (χ0) is 11.3. The van der Waals surface area contributed by atoms with E-state index in [0.717, 1.165) is 19.0 Å². The van der Waals surface area contributed by atoms with Gasteiger partial charge in [-0.2, -0.15) is 0 Å². The third-order valence-electron chi connectivity index (χ3n) is 3.43. The molecule has 0 aromatic carbocycles. The third kappa shape index (κ3) is 4.96. The van der Waals surface area contributed by atoms with Crippen LogP contribution in [0, 0.1) is 11.8 Å². The zero-order valence-corrected chi connectivity index (χ0v) is 10.6. The molecule has 0 bridgehead atoms. The van der Waals surface area contributed by atoms with Gasteiger partial charge in [0.25, 0.3) is 0 Å². The van der Waals surface area contributed by atoms with E-state index < -0.39 is 0 Å². The molecule has 3 heteroatoms. The minimum Gasteiger partial charge on any atom is -0.330 e. The van der Waals surface area contributed by atoms with Gasteiger partial charge in [-0.05, 0) is 58.4 Å². The molecule has 0 spiro atoms. The highest BCUT2D eigenvalue weighted by Gasteiger charge is 2.19. The molecule has 0 amide bonds. The van der Waals surface area contributed by atoms with E-state index in [0.29, 0.717) is 5.92 Å². The van der Waals surface area contributed by atoms with E-state index in [1.54, 1.807) is 0 Å². The van der Waals surface area contributed by atoms with Gasteiger partial charge in [-0.1, -0.05) is 6.92 Å². The summed E-state index contributed by atoms with van der Waals surface area (Å²) >= 11 is 0. The Morgan fingerprint density at radius 2 is 2.27 bits per heavy atom. The molecule has 0 aromatic heterocycles. The van der Waals surface area contributed by atoms with Gasteiger partial charge in [0.1, 0.15) is 0 Å². The second-order valence-corrected chi connectivity index (χ2v) is 5.31. The molecule has 0 aliphatic carbocycles. The Labute approximate surface area is 94.6 Å². The van der Waals surface area contributed by atoms with Crippen molar-refractivity contribution in [3.05, 3.63) is 0 Å². The second kappa shape index (κ2) is 6.46. The predicted octanol–water partition coefficient (Wildman–Crippen LogP) is 0.855. The van der Waals surface area contributed by atoms with E-state index in [1.807, 2.05) is 0 Å². The predicted molar refractivity (Wildman–Crippen MR) is 65.9 cm³/mol. The highest BCUT2D eigenvalue weighted by Crippen LogP contribution is 2.18. The van der Waals surface area contributed by atoms with Crippen molar-refractivity contribution in [2.45, 2.75) is 19.8 Å². The number of rotatable bonds is 6. The lowest BCUT2D eigenvalue weighted by molar-refractivity contribution is 0.265. The van der Waals surface area contributed by atoms with Crippen molar-refractivity contribution >= 4 is 0 Å². The van der Waals surface area contributed by atoms with Crippen LogP contribution in [0.4, 0.5) is 0 Å². The van der Waals surface area contributed by atoms with Gasteiger partial charge in [0.05, 0.1) is 0 Å². The number of likely N-dealkylation sites (tertiary alicyclic amines) is 1. The largest absolute Gasteiger partial charge is 0.330 e. The van der Waals surface area contributed by atoms with E-state index in [9.17, 15) is 0 Å². The first kappa shape index (κ1) is 12.9. The highest BCUT2D eigenvalue weighted by molar-refractivity contribution is 4.74. The van der Waals surface area contributed by atoms with Crippen molar-refractivity contribution in [3.8, 4) is 0 Å². The van der Waals surface area contributed by atoms with E-state index in [4.69, 9.17) is 5.73 Å². The summed E-state index contributed by atoms with van der Waals surface area (Å²) in [5.41, 5.74) is 5.62. The van der Waals surface area contributed by atoms with Crippen LogP contribution in [0.5, 0.6) is 0 Å². The molecule has 2 N–H and O–H groups in total. The van der Waals surface area contributed by atoms with Crippen molar-refractivity contribution in [3.63, 3.8) is 0 Å². The fourth-order valence-electron chi connectivity index (χ4n) is 2.36. The zero-order valence-electron chi connectivity index (χ0n) is 10.6. The molecule has 2 unspecified atom stereocenters. The van der Waals surface area contributed by atoms with Crippen LogP contribution >= 0.6 is 0 Å². The maximum atomic E-state index is 5.62. The lowest BCUT2D eigenvalue weighted by Gasteiger charge is -2.21. The topological polar surface area (TPSA) is 32.5 Å². The number of hydrogen-bond acceptors (Lipinski definition) is 3. The maximum absolute atomic E-state index is 5.62. The molecule has 3 nitrogen and oxygen atoms in total. The van der Waals surface area contributed by atoms with Gasteiger partial charge in [0.2, 0.25) is 0 Å². The minimum atomic E-state index is 0.626. The molecule has 0 saturated carbocycles. The summed E-state index contributed by atoms with van der Waals surface area (Å²) in [5, 5.41) is 0. The molecule has 1 saturated heterocycles. The minimum absolute atomic E-state index is 0.626. The summed E-state index contributed by atoms with van der Waals surface area (Å²) in [7, 11) is 4.44. The van der Waals surface area contributed by atoms with Crippen LogP contribution in [0.1, 0.15) is 19.8 Å². The normalized spacial score (nSPS) is 25.0. The lowest BCUT2D eigenvalue weighted by atomic mass is 10.0. The molecule has 1 fully saturated rings. The van der Waals surface area contributed by atoms with E-state index in [2.05, 4.69) is 30.8 Å². The summed E-state index contributed by atoms with van der Waals surface area (Å²) in [6.45, 7) is 7.96. The summed E-state index contributed by atoms with van der Waals surface area (Å²) < 4.78 is 0. The number of nitrogens with zero attached hydrogens (tertiary/aromatic N) is 2. The maximum Gasteiger partial charge on any atom is 0.00160 e. The molecule has 90 valence electrons. The highest BCUT2D eigenvalue weighted by atomic mass is 15.1. The Bertz CT molecular complexity index is 172. The Hall–Kier alpha value is -0.120. The lowest BCUT2D eigenvalue weighted by Crippen LogP contribution is -2.30. The Morgan fingerprint density at radius 3 is 2.80 bits per heavy atom. The standard InChI is InChI=1S/C12H27N3/c1-11(8-13)9-14(2)6-4-12-5-7-15(3)10-12/h11-12H,4-10,13H2,1-3H3. The van der Waals surface area contributed by atoms with E-state index in [1.165, 1.54) is 32.5 Å². The van der Waals surface area contributed by atoms with Crippen LogP contribution in [-0.2, 0) is 0 Å². The molecular weight excluding hydrogens is 186 g/mol. The van der Waals surface area contributed by atoms with Crippen LogP contribution in [-0.4, -0.2) is 56.6 Å². The SMILES string of the molecule is CC(CN)CN(C)CCC1CCN(C)C1. The van der Waals surface area contributed by atoms with E-state index >= 15 is 0 Å². The summed E-state index contributed by atoms with van der Waals surface area (Å²) in [4.78, 5) is 4.86. The Kier molecular flexibility index (Phi) is 5.58. The van der Waals surface area contributed by atoms with Gasteiger partial charge in [-0.25, -0.2) is 0 Å². The van der Waals surface area contributed by atoms with Crippen LogP contribution in [0.15, 0.2) is 0 Å². The summed E-state index contributed by atoms with van der Waals surface area (Å²) in [6, 6.07) is 0. The van der Waals surface area contributed by atoms with Gasteiger partial charge in [0.15, 0.2) is 0 Å². The third-order valence-corrected chi connectivity index (χ3v) is 3.43. The molecule has 1 rings (SSSR count). The van der Waals surface area contributed by atoms with Crippen molar-refractivity contribution in [2.75, 3.05) is 46.8 Å². The first-order valence-electron chi connectivity index (χ1n) is 6.19. The molecule has 2 atom stereocenters. The van der Waals surface area contributed by atoms with Crippen LogP contribution in [0.2, 0.25) is 0 Å². The first-order chi connectivity index (χ1) is 7.11. The average molecular weight is 213 g/mol. The van der Waals surface area contributed by atoms with Crippen LogP contribution in [0.25, 0.3) is 0 Å². The van der Waals surface area contributed by atoms with E-state index in [-0.39, 0.29) is 0 Å². The monoisotopic (exact) mass is 213 g/mol. The van der Waals surface area contributed by atoms with Gasteiger partial charge >= 0.3 is 0 Å².